The van der Waals surface area contributed by atoms with Crippen molar-refractivity contribution in [3.05, 3.63) is 28.8 Å². The lowest BCUT2D eigenvalue weighted by Crippen LogP contribution is -2.09. The summed E-state index contributed by atoms with van der Waals surface area (Å²) in [6.45, 7) is 2.90. The number of hydrogen-bond donors (Lipinski definition) is 3. The fourth-order valence-electron chi connectivity index (χ4n) is 1.34. The number of H-pyrrole nitrogens is 1. The molecule has 0 unspecified atom stereocenters. The number of anilines is 2. The van der Waals surface area contributed by atoms with E-state index in [1.54, 1.807) is 12.4 Å². The second kappa shape index (κ2) is 6.19. The molecule has 2 heterocycles. The van der Waals surface area contributed by atoms with Crippen molar-refractivity contribution in [3.63, 3.8) is 0 Å². The molecule has 0 bridgehead atoms. The molecule has 19 heavy (non-hydrogen) atoms. The van der Waals surface area contributed by atoms with Gasteiger partial charge < -0.3 is 16.0 Å². The Labute approximate surface area is 114 Å². The molecular formula is C11H14N6OS. The van der Waals surface area contributed by atoms with Crippen LogP contribution in [0.4, 0.5) is 11.6 Å². The molecule has 2 rings (SSSR count). The summed E-state index contributed by atoms with van der Waals surface area (Å²) < 4.78 is 0. The molecule has 2 aromatic heterocycles. The number of rotatable bonds is 5. The van der Waals surface area contributed by atoms with Crippen LogP contribution < -0.4 is 16.6 Å². The molecule has 0 saturated carbocycles. The first-order chi connectivity index (χ1) is 9.17. The smallest absolute Gasteiger partial charge is 0.253 e. The summed E-state index contributed by atoms with van der Waals surface area (Å²) in [6.07, 6.45) is 4.25. The zero-order valence-electron chi connectivity index (χ0n) is 10.4. The van der Waals surface area contributed by atoms with Crippen LogP contribution in [0.3, 0.4) is 0 Å². The van der Waals surface area contributed by atoms with Gasteiger partial charge in [-0.3, -0.25) is 9.78 Å². The average Bonchev–Trinajstić information content (AvgIpc) is 2.35. The predicted octanol–water partition coefficient (Wildman–Crippen LogP) is 1.12. The zero-order chi connectivity index (χ0) is 13.7. The maximum Gasteiger partial charge on any atom is 0.253 e. The highest BCUT2D eigenvalue weighted by Gasteiger charge is 2.04. The van der Waals surface area contributed by atoms with Crippen molar-refractivity contribution in [2.45, 2.75) is 23.5 Å². The van der Waals surface area contributed by atoms with E-state index in [9.17, 15) is 4.79 Å². The van der Waals surface area contributed by atoms with Gasteiger partial charge in [-0.1, -0.05) is 6.92 Å². The van der Waals surface area contributed by atoms with Gasteiger partial charge in [0.25, 0.3) is 5.56 Å². The van der Waals surface area contributed by atoms with E-state index in [1.165, 1.54) is 17.8 Å². The Kier molecular flexibility index (Phi) is 4.35. The molecule has 0 spiro atoms. The van der Waals surface area contributed by atoms with E-state index in [-0.39, 0.29) is 11.4 Å². The van der Waals surface area contributed by atoms with Crippen LogP contribution >= 0.6 is 11.8 Å². The van der Waals surface area contributed by atoms with Crippen LogP contribution in [0.1, 0.15) is 13.3 Å². The summed E-state index contributed by atoms with van der Waals surface area (Å²) in [6, 6.07) is 1.23. The van der Waals surface area contributed by atoms with Crippen molar-refractivity contribution >= 4 is 23.4 Å². The minimum atomic E-state index is -0.289. The quantitative estimate of drug-likeness (QED) is 0.703. The monoisotopic (exact) mass is 278 g/mol. The molecule has 4 N–H and O–H groups in total. The number of nitrogens with zero attached hydrogens (tertiary/aromatic N) is 3. The molecule has 100 valence electrons. The van der Waals surface area contributed by atoms with Crippen LogP contribution in [0, 0.1) is 0 Å². The van der Waals surface area contributed by atoms with E-state index in [1.807, 2.05) is 0 Å². The highest BCUT2D eigenvalue weighted by molar-refractivity contribution is 7.99. The average molecular weight is 278 g/mol. The Hall–Kier alpha value is -2.09. The third-order valence-electron chi connectivity index (χ3n) is 2.11. The lowest BCUT2D eigenvalue weighted by atomic mass is 10.5. The van der Waals surface area contributed by atoms with Crippen molar-refractivity contribution in [3.8, 4) is 0 Å². The number of aromatic amines is 1. The minimum absolute atomic E-state index is 0.180. The summed E-state index contributed by atoms with van der Waals surface area (Å²) in [7, 11) is 0. The standard InChI is InChI=1S/C11H14N6OS/c1-2-3-14-8-5-13-6-10(16-8)19-11-15-7(12)4-9(18)17-11/h4-6H,2-3H2,1H3,(H,14,16)(H3,12,15,17,18). The van der Waals surface area contributed by atoms with Gasteiger partial charge >= 0.3 is 0 Å². The Morgan fingerprint density at radius 1 is 1.42 bits per heavy atom. The topological polar surface area (TPSA) is 110 Å². The zero-order valence-corrected chi connectivity index (χ0v) is 11.2. The Morgan fingerprint density at radius 3 is 3.00 bits per heavy atom. The fourth-order valence-corrected chi connectivity index (χ4v) is 2.09. The molecule has 2 aromatic rings. The van der Waals surface area contributed by atoms with Crippen molar-refractivity contribution < 1.29 is 0 Å². The first kappa shape index (κ1) is 13.3. The minimum Gasteiger partial charge on any atom is -0.383 e. The van der Waals surface area contributed by atoms with E-state index in [0.717, 1.165) is 13.0 Å². The van der Waals surface area contributed by atoms with E-state index in [2.05, 4.69) is 32.2 Å². The van der Waals surface area contributed by atoms with Crippen LogP contribution in [-0.4, -0.2) is 26.5 Å². The highest BCUT2D eigenvalue weighted by atomic mass is 32.2. The van der Waals surface area contributed by atoms with Gasteiger partial charge in [0, 0.05) is 12.6 Å². The van der Waals surface area contributed by atoms with E-state index in [0.29, 0.717) is 16.0 Å². The third kappa shape index (κ3) is 3.95. The first-order valence-electron chi connectivity index (χ1n) is 5.78. The van der Waals surface area contributed by atoms with Gasteiger partial charge in [0.2, 0.25) is 0 Å². The van der Waals surface area contributed by atoms with Crippen molar-refractivity contribution in [2.24, 2.45) is 0 Å². The molecule has 7 nitrogen and oxygen atoms in total. The van der Waals surface area contributed by atoms with Crippen LogP contribution in [0.5, 0.6) is 0 Å². The number of nitrogens with two attached hydrogens (primary N) is 1. The van der Waals surface area contributed by atoms with Crippen molar-refractivity contribution in [2.75, 3.05) is 17.6 Å². The van der Waals surface area contributed by atoms with E-state index < -0.39 is 0 Å². The van der Waals surface area contributed by atoms with Crippen LogP contribution in [0.15, 0.2) is 33.4 Å². The van der Waals surface area contributed by atoms with Crippen molar-refractivity contribution in [1.82, 2.24) is 19.9 Å². The largest absolute Gasteiger partial charge is 0.383 e. The first-order valence-corrected chi connectivity index (χ1v) is 6.59. The molecule has 0 amide bonds. The number of nitrogens with one attached hydrogen (secondary N) is 2. The van der Waals surface area contributed by atoms with E-state index >= 15 is 0 Å². The summed E-state index contributed by atoms with van der Waals surface area (Å²) in [4.78, 5) is 26.3. The molecular weight excluding hydrogens is 264 g/mol. The maximum atomic E-state index is 11.3. The number of hydrogen-bond acceptors (Lipinski definition) is 7. The third-order valence-corrected chi connectivity index (χ3v) is 2.90. The van der Waals surface area contributed by atoms with Crippen LogP contribution in [0.2, 0.25) is 0 Å². The lowest BCUT2D eigenvalue weighted by molar-refractivity contribution is 0.928. The van der Waals surface area contributed by atoms with Gasteiger partial charge in [-0.2, -0.15) is 0 Å². The molecule has 0 aliphatic rings. The van der Waals surface area contributed by atoms with Crippen LogP contribution in [0.25, 0.3) is 0 Å². The normalized spacial score (nSPS) is 10.4. The number of nitrogen functional groups attached to an aromatic ring is 1. The predicted molar refractivity (Wildman–Crippen MR) is 74.2 cm³/mol. The Balaban J connectivity index is 2.16. The molecule has 0 aliphatic heterocycles. The summed E-state index contributed by atoms with van der Waals surface area (Å²) in [5, 5.41) is 4.17. The second-order valence-corrected chi connectivity index (χ2v) is 4.76. The summed E-state index contributed by atoms with van der Waals surface area (Å²) >= 11 is 1.20. The molecule has 0 aromatic carbocycles. The summed E-state index contributed by atoms with van der Waals surface area (Å²) in [5.41, 5.74) is 5.23. The van der Waals surface area contributed by atoms with Gasteiger partial charge in [-0.25, -0.2) is 9.97 Å². The fraction of sp³-hybridized carbons (Fsp3) is 0.273. The molecule has 0 fully saturated rings. The number of aromatic nitrogens is 4. The lowest BCUT2D eigenvalue weighted by Gasteiger charge is -2.05. The SMILES string of the molecule is CCCNc1cncc(Sc2nc(N)cc(=O)[nH]2)n1. The second-order valence-electron chi connectivity index (χ2n) is 3.75. The Morgan fingerprint density at radius 2 is 2.26 bits per heavy atom. The molecule has 8 heteroatoms. The van der Waals surface area contributed by atoms with Gasteiger partial charge in [-0.05, 0) is 18.2 Å². The van der Waals surface area contributed by atoms with Crippen LogP contribution in [-0.2, 0) is 0 Å². The van der Waals surface area contributed by atoms with Gasteiger partial charge in [0.05, 0.1) is 12.4 Å². The summed E-state index contributed by atoms with van der Waals surface area (Å²) in [5.74, 6) is 0.873. The molecule has 0 aliphatic carbocycles. The van der Waals surface area contributed by atoms with E-state index in [4.69, 9.17) is 5.73 Å². The van der Waals surface area contributed by atoms with Gasteiger partial charge in [0.1, 0.15) is 16.7 Å². The van der Waals surface area contributed by atoms with Crippen molar-refractivity contribution in [1.29, 1.82) is 0 Å². The molecule has 0 atom stereocenters. The molecule has 0 saturated heterocycles. The Bertz CT molecular complexity index is 614. The highest BCUT2D eigenvalue weighted by Crippen LogP contribution is 2.22. The van der Waals surface area contributed by atoms with Gasteiger partial charge in [0.15, 0.2) is 5.16 Å². The molecule has 0 radical (unpaired) electrons. The van der Waals surface area contributed by atoms with Gasteiger partial charge in [-0.15, -0.1) is 0 Å². The maximum absolute atomic E-state index is 11.3.